The molecule has 0 spiro atoms. The van der Waals surface area contributed by atoms with Gasteiger partial charge < -0.3 is 0 Å². The molecule has 0 N–H and O–H groups in total. The van der Waals surface area contributed by atoms with Crippen LogP contribution in [-0.2, 0) is 28.1 Å². The van der Waals surface area contributed by atoms with Crippen molar-refractivity contribution in [3.8, 4) is 33.4 Å². The third-order valence-electron chi connectivity index (χ3n) is 6.73. The summed E-state index contributed by atoms with van der Waals surface area (Å²) in [5, 5.41) is 0. The van der Waals surface area contributed by atoms with Crippen LogP contribution in [0.1, 0.15) is 44.5 Å². The summed E-state index contributed by atoms with van der Waals surface area (Å²) in [6.07, 6.45) is 0.975. The van der Waals surface area contributed by atoms with E-state index in [4.69, 9.17) is 0 Å². The summed E-state index contributed by atoms with van der Waals surface area (Å²) in [5.74, 6) is 0. The van der Waals surface area contributed by atoms with Gasteiger partial charge in [-0.15, -0.1) is 11.1 Å². The molecule has 1 aliphatic carbocycles. The van der Waals surface area contributed by atoms with E-state index in [1.54, 1.807) is 0 Å². The van der Waals surface area contributed by atoms with Gasteiger partial charge in [-0.05, 0) is 70.2 Å². The number of hydrogen-bond donors (Lipinski definition) is 0. The molecule has 0 saturated carbocycles. The Balaban J connectivity index is 0.00000245. The molecule has 4 aromatic rings. The Hall–Kier alpha value is -2.41. The third kappa shape index (κ3) is 3.81. The van der Waals surface area contributed by atoms with E-state index in [0.29, 0.717) is 0 Å². The van der Waals surface area contributed by atoms with Gasteiger partial charge in [-0.1, -0.05) is 81.4 Å². The maximum atomic E-state index is 3.62. The van der Waals surface area contributed by atoms with Crippen LogP contribution < -0.4 is 0 Å². The molecule has 0 aliphatic heterocycles. The summed E-state index contributed by atoms with van der Waals surface area (Å²) in [7, 11) is 0. The first-order valence-electron chi connectivity index (χ1n) is 11.2. The largest absolute Gasteiger partial charge is 0.179 e. The van der Waals surface area contributed by atoms with Gasteiger partial charge in [0.2, 0.25) is 0 Å². The minimum Gasteiger partial charge on any atom is -0.179 e. The summed E-state index contributed by atoms with van der Waals surface area (Å²) in [4.78, 5) is 0. The SMILES string of the molecule is Cc1cc(C)c(-c2c[c-]c3c(c2)-c2cc(-c4c(C)cc(C)cc4C)ccc2C3)c(C)c1.[Ti]. The molecule has 158 valence electrons. The Bertz CT molecular complexity index is 1210. The molecule has 4 aromatic carbocycles. The van der Waals surface area contributed by atoms with Crippen molar-refractivity contribution in [1.29, 1.82) is 0 Å². The average Bonchev–Trinajstić information content (AvgIpc) is 3.04. The second-order valence-corrected chi connectivity index (χ2v) is 9.38. The molecule has 0 saturated heterocycles. The number of rotatable bonds is 2. The zero-order chi connectivity index (χ0) is 21.9. The number of fused-ring (bicyclic) bond motifs is 3. The number of hydrogen-bond acceptors (Lipinski definition) is 0. The van der Waals surface area contributed by atoms with Crippen molar-refractivity contribution in [2.24, 2.45) is 0 Å². The predicted octanol–water partition coefficient (Wildman–Crippen LogP) is 8.24. The van der Waals surface area contributed by atoms with E-state index in [2.05, 4.69) is 102 Å². The molecule has 0 unspecified atom stereocenters. The van der Waals surface area contributed by atoms with Crippen molar-refractivity contribution in [2.75, 3.05) is 0 Å². The van der Waals surface area contributed by atoms with Crippen LogP contribution in [0.4, 0.5) is 0 Å². The fourth-order valence-corrected chi connectivity index (χ4v) is 5.66. The fraction of sp³-hybridized carbons (Fsp3) is 0.226. The van der Waals surface area contributed by atoms with Crippen LogP contribution in [0.3, 0.4) is 0 Å². The number of benzene rings is 4. The van der Waals surface area contributed by atoms with E-state index in [1.165, 1.54) is 77.9 Å². The van der Waals surface area contributed by atoms with E-state index >= 15 is 0 Å². The minimum atomic E-state index is 0. The third-order valence-corrected chi connectivity index (χ3v) is 6.73. The topological polar surface area (TPSA) is 0 Å². The summed E-state index contributed by atoms with van der Waals surface area (Å²) < 4.78 is 0. The van der Waals surface area contributed by atoms with Crippen LogP contribution >= 0.6 is 0 Å². The molecule has 0 fully saturated rings. The molecule has 0 amide bonds. The van der Waals surface area contributed by atoms with Crippen molar-refractivity contribution in [1.82, 2.24) is 0 Å². The molecule has 0 nitrogen and oxygen atoms in total. The average molecular weight is 449 g/mol. The van der Waals surface area contributed by atoms with Crippen LogP contribution in [0.25, 0.3) is 33.4 Å². The Labute approximate surface area is 207 Å². The van der Waals surface area contributed by atoms with Crippen LogP contribution in [0.15, 0.2) is 54.6 Å². The van der Waals surface area contributed by atoms with Gasteiger partial charge in [0.15, 0.2) is 0 Å². The van der Waals surface area contributed by atoms with Gasteiger partial charge in [-0.2, -0.15) is 23.8 Å². The molecule has 32 heavy (non-hydrogen) atoms. The molecular weight excluding hydrogens is 420 g/mol. The first-order chi connectivity index (χ1) is 14.8. The maximum Gasteiger partial charge on any atom is 0 e. The zero-order valence-electron chi connectivity index (χ0n) is 19.9. The molecular formula is C31H29Ti-. The summed E-state index contributed by atoms with van der Waals surface area (Å²) in [6.45, 7) is 13.2. The summed E-state index contributed by atoms with van der Waals surface area (Å²) >= 11 is 0. The zero-order valence-corrected chi connectivity index (χ0v) is 21.5. The Kier molecular flexibility index (Phi) is 6.05. The maximum absolute atomic E-state index is 3.62. The van der Waals surface area contributed by atoms with E-state index in [0.717, 1.165) is 6.42 Å². The molecule has 1 heteroatoms. The normalized spacial score (nSPS) is 11.7. The van der Waals surface area contributed by atoms with Crippen molar-refractivity contribution >= 4 is 0 Å². The van der Waals surface area contributed by atoms with Gasteiger partial charge in [-0.3, -0.25) is 0 Å². The monoisotopic (exact) mass is 449 g/mol. The smallest absolute Gasteiger partial charge is 0 e. The van der Waals surface area contributed by atoms with Crippen LogP contribution in [0.5, 0.6) is 0 Å². The van der Waals surface area contributed by atoms with Gasteiger partial charge in [0.05, 0.1) is 0 Å². The Morgan fingerprint density at radius 2 is 1.09 bits per heavy atom. The standard InChI is InChI=1S/C31H29.Ti/c1-18-11-20(3)30(21(4)12-18)26-9-7-24-15-25-8-10-27(17-29(25)28(24)16-26)31-22(5)13-19(2)14-23(31)6;/h7,9-14,16-17H,15H2,1-6H3;/q-1;. The Morgan fingerprint density at radius 1 is 0.594 bits per heavy atom. The van der Waals surface area contributed by atoms with Gasteiger partial charge in [0.25, 0.3) is 0 Å². The molecule has 0 aromatic heterocycles. The molecule has 5 rings (SSSR count). The summed E-state index contributed by atoms with van der Waals surface area (Å²) in [5.41, 5.74) is 18.8. The molecule has 0 atom stereocenters. The van der Waals surface area contributed by atoms with Gasteiger partial charge in [-0.25, -0.2) is 0 Å². The van der Waals surface area contributed by atoms with Crippen molar-refractivity contribution < 1.29 is 21.7 Å². The molecule has 0 bridgehead atoms. The van der Waals surface area contributed by atoms with Crippen molar-refractivity contribution in [2.45, 2.75) is 48.0 Å². The first-order valence-corrected chi connectivity index (χ1v) is 11.2. The van der Waals surface area contributed by atoms with Crippen molar-refractivity contribution in [3.05, 3.63) is 105 Å². The fourth-order valence-electron chi connectivity index (χ4n) is 5.66. The second-order valence-electron chi connectivity index (χ2n) is 9.38. The van der Waals surface area contributed by atoms with E-state index < -0.39 is 0 Å². The van der Waals surface area contributed by atoms with Crippen molar-refractivity contribution in [3.63, 3.8) is 0 Å². The molecule has 0 radical (unpaired) electrons. The summed E-state index contributed by atoms with van der Waals surface area (Å²) in [6, 6.07) is 24.4. The van der Waals surface area contributed by atoms with Crippen LogP contribution in [-0.4, -0.2) is 0 Å². The van der Waals surface area contributed by atoms with Crippen LogP contribution in [0, 0.1) is 47.6 Å². The Morgan fingerprint density at radius 3 is 1.66 bits per heavy atom. The van der Waals surface area contributed by atoms with E-state index in [-0.39, 0.29) is 21.7 Å². The quantitative estimate of drug-likeness (QED) is 0.188. The van der Waals surface area contributed by atoms with Gasteiger partial charge >= 0.3 is 0 Å². The second kappa shape index (κ2) is 8.51. The molecule has 1 aliphatic rings. The number of aryl methyl sites for hydroxylation is 6. The van der Waals surface area contributed by atoms with Crippen LogP contribution in [0.2, 0.25) is 0 Å². The molecule has 0 heterocycles. The van der Waals surface area contributed by atoms with Gasteiger partial charge in [0, 0.05) is 21.7 Å². The minimum absolute atomic E-state index is 0. The first kappa shape index (κ1) is 22.8. The predicted molar refractivity (Wildman–Crippen MR) is 133 cm³/mol. The van der Waals surface area contributed by atoms with E-state index in [9.17, 15) is 0 Å². The van der Waals surface area contributed by atoms with Gasteiger partial charge in [0.1, 0.15) is 0 Å². The van der Waals surface area contributed by atoms with E-state index in [1.807, 2.05) is 0 Å².